The second kappa shape index (κ2) is 10.4. The summed E-state index contributed by atoms with van der Waals surface area (Å²) in [6.07, 6.45) is 14.3. The molecule has 6 unspecified atom stereocenters. The Labute approximate surface area is 269 Å². The largest absolute Gasteiger partial charge is 0.504 e. The molecule has 1 aromatic heterocycles. The van der Waals surface area contributed by atoms with Gasteiger partial charge in [-0.2, -0.15) is 0 Å². The maximum absolute atomic E-state index is 13.7. The fourth-order valence-corrected chi connectivity index (χ4v) is 10.1. The summed E-state index contributed by atoms with van der Waals surface area (Å²) in [5.41, 5.74) is 3.06. The van der Waals surface area contributed by atoms with Gasteiger partial charge in [0.05, 0.1) is 12.0 Å². The summed E-state index contributed by atoms with van der Waals surface area (Å²) in [4.78, 5) is 40.6. The predicted octanol–water partition coefficient (Wildman–Crippen LogP) is 8.00. The Morgan fingerprint density at radius 3 is 2.53 bits per heavy atom. The van der Waals surface area contributed by atoms with Crippen LogP contribution >= 0.6 is 11.6 Å². The zero-order valence-electron chi connectivity index (χ0n) is 27.2. The average molecular weight is 638 g/mol. The maximum atomic E-state index is 13.7. The summed E-state index contributed by atoms with van der Waals surface area (Å²) in [5.74, 6) is -0.645. The van der Waals surface area contributed by atoms with Gasteiger partial charge >= 0.3 is 17.1 Å². The van der Waals surface area contributed by atoms with Crippen molar-refractivity contribution in [1.29, 1.82) is 0 Å². The van der Waals surface area contributed by atoms with Crippen LogP contribution in [0.25, 0.3) is 0 Å². The first-order valence-corrected chi connectivity index (χ1v) is 16.5. The Bertz CT molecular complexity index is 1640. The van der Waals surface area contributed by atoms with E-state index in [1.54, 1.807) is 6.08 Å². The van der Waals surface area contributed by atoms with Crippen LogP contribution < -0.4 is 0 Å². The summed E-state index contributed by atoms with van der Waals surface area (Å²) in [5, 5.41) is 21.4. The molecular formula is C35H44ClN3O6. The number of ether oxygens (including phenoxy) is 1. The summed E-state index contributed by atoms with van der Waals surface area (Å²) < 4.78 is 7.36. The van der Waals surface area contributed by atoms with E-state index in [4.69, 9.17) is 16.3 Å². The lowest BCUT2D eigenvalue weighted by Gasteiger charge is -2.70. The molecule has 0 radical (unpaired) electrons. The lowest BCUT2D eigenvalue weighted by atomic mass is 9.34. The van der Waals surface area contributed by atoms with Gasteiger partial charge in [-0.15, -0.1) is 0 Å². The van der Waals surface area contributed by atoms with Crippen LogP contribution in [0.3, 0.4) is 0 Å². The number of fused-ring (bicyclic) bond motifs is 7. The topological polar surface area (TPSA) is 125 Å². The number of rotatable bonds is 6. The first-order chi connectivity index (χ1) is 21.0. The molecule has 0 spiro atoms. The molecule has 6 atom stereocenters. The Morgan fingerprint density at radius 1 is 1.13 bits per heavy atom. The number of aliphatic hydroxyl groups is 1. The summed E-state index contributed by atoms with van der Waals surface area (Å²) in [7, 11) is 0. The number of ketones is 1. The second-order valence-electron chi connectivity index (χ2n) is 15.4. The number of aryl methyl sites for hydroxylation is 1. The number of allylic oxidation sites excluding steroid dienone is 7. The second-order valence-corrected chi connectivity index (χ2v) is 15.8. The van der Waals surface area contributed by atoms with Gasteiger partial charge in [-0.25, -0.2) is 0 Å². The molecule has 9 nitrogen and oxygen atoms in total. The number of hydrogen-bond donors (Lipinski definition) is 1. The van der Waals surface area contributed by atoms with Gasteiger partial charge in [-0.3, -0.25) is 14.2 Å². The molecule has 0 amide bonds. The van der Waals surface area contributed by atoms with Gasteiger partial charge in [0.2, 0.25) is 5.78 Å². The van der Waals surface area contributed by atoms with Crippen LogP contribution in [0.5, 0.6) is 0 Å². The molecule has 0 saturated heterocycles. The van der Waals surface area contributed by atoms with Crippen LogP contribution in [0.4, 0.5) is 5.82 Å². The molecule has 5 aliphatic carbocycles. The minimum absolute atomic E-state index is 0.0413. The number of carbonyl (C=O) groups excluding carboxylic acids is 2. The molecular weight excluding hydrogens is 594 g/mol. The van der Waals surface area contributed by atoms with Crippen LogP contribution in [0.2, 0.25) is 5.28 Å². The highest BCUT2D eigenvalue weighted by Gasteiger charge is 2.67. The highest BCUT2D eigenvalue weighted by atomic mass is 35.5. The third-order valence-electron chi connectivity index (χ3n) is 13.0. The molecule has 45 heavy (non-hydrogen) atoms. The molecule has 0 bridgehead atoms. The Morgan fingerprint density at radius 2 is 1.84 bits per heavy atom. The summed E-state index contributed by atoms with van der Waals surface area (Å²) >= 11 is 6.04. The van der Waals surface area contributed by atoms with Crippen LogP contribution in [0.1, 0.15) is 92.9 Å². The van der Waals surface area contributed by atoms with E-state index in [2.05, 4.69) is 51.8 Å². The van der Waals surface area contributed by atoms with Gasteiger partial charge in [-0.05, 0) is 126 Å². The van der Waals surface area contributed by atoms with Crippen LogP contribution in [0.15, 0.2) is 52.5 Å². The molecule has 1 aromatic rings. The molecule has 6 rings (SSSR count). The van der Waals surface area contributed by atoms with E-state index in [9.17, 15) is 24.8 Å². The zero-order chi connectivity index (χ0) is 32.7. The van der Waals surface area contributed by atoms with Crippen molar-refractivity contribution in [3.05, 3.63) is 67.9 Å². The van der Waals surface area contributed by atoms with Crippen molar-refractivity contribution in [2.24, 2.45) is 33.0 Å². The minimum atomic E-state index is -0.608. The van der Waals surface area contributed by atoms with E-state index in [0.29, 0.717) is 24.5 Å². The number of hydrogen-bond acceptors (Lipinski definition) is 7. The Hall–Kier alpha value is -3.20. The van der Waals surface area contributed by atoms with Crippen LogP contribution in [-0.2, 0) is 20.9 Å². The highest BCUT2D eigenvalue weighted by Crippen LogP contribution is 2.75. The zero-order valence-corrected chi connectivity index (χ0v) is 27.9. The molecule has 242 valence electrons. The number of carbonyl (C=O) groups is 2. The van der Waals surface area contributed by atoms with Crippen LogP contribution in [0, 0.1) is 43.1 Å². The van der Waals surface area contributed by atoms with Crippen molar-refractivity contribution >= 4 is 29.2 Å². The molecule has 10 heteroatoms. The third kappa shape index (κ3) is 4.58. The van der Waals surface area contributed by atoms with E-state index in [0.717, 1.165) is 56.1 Å². The van der Waals surface area contributed by atoms with Crippen molar-refractivity contribution in [2.45, 2.75) is 99.5 Å². The van der Waals surface area contributed by atoms with Crippen molar-refractivity contribution in [3.63, 3.8) is 0 Å². The normalized spacial score (nSPS) is 37.4. The SMILES string of the molecule is CC1=C(O)C(=O)C=C2C1=CC=C1C2(C)CCC2(C)C3CC(C)(C(=O)OCCCn4cc([N+](=O)[O-])nc4Cl)CCC3(C)CCC12C. The fraction of sp³-hybridized carbons (Fsp3) is 0.629. The van der Waals surface area contributed by atoms with Gasteiger partial charge < -0.3 is 20.0 Å². The molecule has 3 saturated carbocycles. The van der Waals surface area contributed by atoms with Crippen molar-refractivity contribution in [3.8, 4) is 0 Å². The van der Waals surface area contributed by atoms with Gasteiger partial charge in [0.25, 0.3) is 0 Å². The maximum Gasteiger partial charge on any atom is 0.383 e. The molecule has 3 fully saturated rings. The first-order valence-electron chi connectivity index (χ1n) is 16.1. The first kappa shape index (κ1) is 31.8. The third-order valence-corrected chi connectivity index (χ3v) is 13.3. The number of aromatic nitrogens is 2. The average Bonchev–Trinajstić information content (AvgIpc) is 3.37. The van der Waals surface area contributed by atoms with Gasteiger partial charge in [-0.1, -0.05) is 45.4 Å². The van der Waals surface area contributed by atoms with E-state index in [1.165, 1.54) is 16.3 Å². The van der Waals surface area contributed by atoms with Crippen LogP contribution in [-0.4, -0.2) is 37.9 Å². The quantitative estimate of drug-likeness (QED) is 0.145. The molecule has 5 aliphatic rings. The monoisotopic (exact) mass is 637 g/mol. The summed E-state index contributed by atoms with van der Waals surface area (Å²) in [6.45, 7) is 14.0. The Kier molecular flexibility index (Phi) is 7.35. The number of esters is 1. The van der Waals surface area contributed by atoms with Gasteiger partial charge in [0.1, 0.15) is 6.20 Å². The van der Waals surface area contributed by atoms with E-state index >= 15 is 0 Å². The number of nitro groups is 1. The van der Waals surface area contributed by atoms with Crippen molar-refractivity contribution in [1.82, 2.24) is 9.55 Å². The van der Waals surface area contributed by atoms with E-state index in [1.807, 2.05) is 6.92 Å². The van der Waals surface area contributed by atoms with E-state index < -0.39 is 10.3 Å². The fourth-order valence-electron chi connectivity index (χ4n) is 9.84. The molecule has 0 aromatic carbocycles. The Balaban J connectivity index is 1.22. The number of halogens is 1. The highest BCUT2D eigenvalue weighted by molar-refractivity contribution is 6.28. The van der Waals surface area contributed by atoms with E-state index in [-0.39, 0.29) is 56.9 Å². The molecule has 0 aliphatic heterocycles. The smallest absolute Gasteiger partial charge is 0.383 e. The predicted molar refractivity (Wildman–Crippen MR) is 170 cm³/mol. The van der Waals surface area contributed by atoms with Crippen molar-refractivity contribution < 1.29 is 24.4 Å². The molecule has 1 heterocycles. The number of aliphatic hydroxyl groups excluding tert-OH is 1. The standard InChI is InChI=1S/C35H44ClN3O6/c1-21-22-8-9-25-33(4,23(22)18-24(40)28(21)41)13-15-35(6)26-19-32(3,11-10-31(26,2)12-14-34(25,35)5)29(42)45-17-7-16-38-20-27(39(43)44)37-30(38)36/h8-9,18,20,26,41H,7,10-17,19H2,1-6H3. The minimum Gasteiger partial charge on any atom is -0.504 e. The van der Waals surface area contributed by atoms with Gasteiger partial charge in [0.15, 0.2) is 5.76 Å². The molecule has 1 N–H and O–H groups in total. The number of imidazole rings is 1. The number of nitrogens with zero attached hydrogens (tertiary/aromatic N) is 3. The lowest BCUT2D eigenvalue weighted by molar-refractivity contribution is -0.389. The lowest BCUT2D eigenvalue weighted by Crippen LogP contribution is -2.62. The van der Waals surface area contributed by atoms with Crippen molar-refractivity contribution in [2.75, 3.05) is 6.61 Å². The van der Waals surface area contributed by atoms with Gasteiger partial charge in [0, 0.05) is 17.5 Å². The summed E-state index contributed by atoms with van der Waals surface area (Å²) in [6, 6.07) is 0.